The van der Waals surface area contributed by atoms with Crippen molar-refractivity contribution in [1.82, 2.24) is 10.2 Å². The number of amides is 1. The van der Waals surface area contributed by atoms with Crippen molar-refractivity contribution in [2.24, 2.45) is 35.3 Å². The number of likely N-dealkylation sites (N-methyl/N-ethyl adjacent to an activating group) is 1. The molecular weight excluding hydrogens is 512 g/mol. The zero-order chi connectivity index (χ0) is 29.3. The van der Waals surface area contributed by atoms with Gasteiger partial charge in [-0.05, 0) is 67.9 Å². The van der Waals surface area contributed by atoms with Crippen molar-refractivity contribution in [3.05, 3.63) is 41.0 Å². The molecular formula is C30H36N4O6. The van der Waals surface area contributed by atoms with Crippen LogP contribution in [0.4, 0.5) is 0 Å². The number of benzene rings is 2. The van der Waals surface area contributed by atoms with Crippen LogP contribution in [0.25, 0.3) is 10.8 Å². The Balaban J connectivity index is 1.57. The number of hydrogen-bond acceptors (Lipinski definition) is 9. The highest BCUT2D eigenvalue weighted by molar-refractivity contribution is 6.33. The van der Waals surface area contributed by atoms with E-state index in [0.29, 0.717) is 23.4 Å². The maximum Gasteiger partial charge on any atom is 0.233 e. The molecule has 6 atom stereocenters. The molecule has 0 heterocycles. The van der Waals surface area contributed by atoms with Gasteiger partial charge in [-0.1, -0.05) is 32.0 Å². The van der Waals surface area contributed by atoms with Crippen LogP contribution in [0, 0.1) is 35.0 Å². The average molecular weight is 549 g/mol. The molecule has 2 aromatic rings. The number of ketones is 3. The summed E-state index contributed by atoms with van der Waals surface area (Å²) in [6.45, 7) is 5.63. The Bertz CT molecular complexity index is 1470. The van der Waals surface area contributed by atoms with Crippen molar-refractivity contribution in [2.45, 2.75) is 44.9 Å². The molecule has 0 spiro atoms. The number of aromatic hydroxyl groups is 1. The number of phenolic OH excluding ortho intramolecular Hbond substituents is 1. The minimum Gasteiger partial charge on any atom is -0.507 e. The second-order valence-electron chi connectivity index (χ2n) is 12.2. The van der Waals surface area contributed by atoms with Crippen molar-refractivity contribution in [3.8, 4) is 5.75 Å². The molecule has 5 rings (SSSR count). The smallest absolute Gasteiger partial charge is 0.233 e. The van der Waals surface area contributed by atoms with Crippen LogP contribution in [0.15, 0.2) is 24.3 Å². The fourth-order valence-corrected chi connectivity index (χ4v) is 7.09. The molecule has 3 aliphatic carbocycles. The lowest BCUT2D eigenvalue weighted by atomic mass is 9.52. The molecule has 212 valence electrons. The zero-order valence-electron chi connectivity index (χ0n) is 23.2. The SMILES string of the molecule is CC(C)CNCc1ccc2cc3c(c(O)c2c1)C(=O)C1C(=O)C2(O)C(=N)C(C(N)=O)C(=O)C(N(C)C)C2CC1C3. The summed E-state index contributed by atoms with van der Waals surface area (Å²) in [6, 6.07) is 6.51. The molecule has 6 N–H and O–H groups in total. The Labute approximate surface area is 232 Å². The first-order valence-corrected chi connectivity index (χ1v) is 13.7. The second kappa shape index (κ2) is 9.87. The Morgan fingerprint density at radius 3 is 2.55 bits per heavy atom. The molecule has 0 aromatic heterocycles. The van der Waals surface area contributed by atoms with Gasteiger partial charge in [0.2, 0.25) is 5.91 Å². The number of carbonyl (C=O) groups is 4. The van der Waals surface area contributed by atoms with Gasteiger partial charge in [-0.3, -0.25) is 24.1 Å². The predicted molar refractivity (Wildman–Crippen MR) is 148 cm³/mol. The van der Waals surface area contributed by atoms with Crippen LogP contribution < -0.4 is 11.1 Å². The maximum atomic E-state index is 14.0. The third-order valence-electron chi connectivity index (χ3n) is 8.87. The van der Waals surface area contributed by atoms with E-state index >= 15 is 0 Å². The molecule has 0 saturated heterocycles. The number of nitrogens with zero attached hydrogens (tertiary/aromatic N) is 1. The summed E-state index contributed by atoms with van der Waals surface area (Å²) >= 11 is 0. The van der Waals surface area contributed by atoms with E-state index in [4.69, 9.17) is 11.1 Å². The normalized spacial score (nSPS) is 30.0. The van der Waals surface area contributed by atoms with Crippen molar-refractivity contribution in [3.63, 3.8) is 0 Å². The van der Waals surface area contributed by atoms with Crippen molar-refractivity contribution < 1.29 is 29.4 Å². The van der Waals surface area contributed by atoms with Gasteiger partial charge in [0.25, 0.3) is 0 Å². The highest BCUT2D eigenvalue weighted by Crippen LogP contribution is 2.51. The molecule has 0 aliphatic heterocycles. The van der Waals surface area contributed by atoms with Crippen molar-refractivity contribution >= 4 is 39.7 Å². The molecule has 0 radical (unpaired) electrons. The Hall–Kier alpha value is -3.47. The zero-order valence-corrected chi connectivity index (χ0v) is 23.2. The minimum absolute atomic E-state index is 0.0467. The molecule has 2 fully saturated rings. The molecule has 6 unspecified atom stereocenters. The van der Waals surface area contributed by atoms with Gasteiger partial charge < -0.3 is 26.7 Å². The van der Waals surface area contributed by atoms with Gasteiger partial charge in [0.1, 0.15) is 11.7 Å². The van der Waals surface area contributed by atoms with Gasteiger partial charge in [0, 0.05) is 17.8 Å². The number of carbonyl (C=O) groups excluding carboxylic acids is 4. The second-order valence-corrected chi connectivity index (χ2v) is 12.2. The monoisotopic (exact) mass is 548 g/mol. The largest absolute Gasteiger partial charge is 0.507 e. The van der Waals surface area contributed by atoms with Gasteiger partial charge in [-0.2, -0.15) is 0 Å². The third kappa shape index (κ3) is 4.08. The first-order chi connectivity index (χ1) is 18.8. The minimum atomic E-state index is -2.50. The van der Waals surface area contributed by atoms with Crippen molar-refractivity contribution in [2.75, 3.05) is 20.6 Å². The quantitative estimate of drug-likeness (QED) is 0.335. The van der Waals surface area contributed by atoms with E-state index in [1.807, 2.05) is 24.3 Å². The molecule has 3 aliphatic rings. The maximum absolute atomic E-state index is 14.0. The lowest BCUT2D eigenvalue weighted by molar-refractivity contribution is -0.157. The van der Waals surface area contributed by atoms with Crippen molar-refractivity contribution in [1.29, 1.82) is 5.41 Å². The Morgan fingerprint density at radius 1 is 1.23 bits per heavy atom. The number of aliphatic hydroxyl groups is 1. The number of Topliss-reactive ketones (excluding diaryl/α,β-unsaturated/α-hetero) is 3. The third-order valence-corrected chi connectivity index (χ3v) is 8.87. The van der Waals surface area contributed by atoms with Crippen LogP contribution in [-0.4, -0.2) is 76.4 Å². The number of fused-ring (bicyclic) bond motifs is 4. The van der Waals surface area contributed by atoms with Gasteiger partial charge in [0.05, 0.1) is 23.2 Å². The standard InChI is InChI=1S/C30H36N4O6/c1-13(2)11-33-12-14-5-6-15-8-16-9-17-10-19-23(34(3)4)26(37)22(29(32)39)27(31)30(19,40)28(38)21(17)25(36)20(16)24(35)18(15)7-14/h5-8,13,17,19,21-23,31,33,35,40H,9-12H2,1-4H3,(H2,32,39). The van der Waals surface area contributed by atoms with Crippen LogP contribution in [0.1, 0.15) is 41.8 Å². The van der Waals surface area contributed by atoms with Crippen LogP contribution in [0.3, 0.4) is 0 Å². The Morgan fingerprint density at radius 2 is 1.93 bits per heavy atom. The van der Waals surface area contributed by atoms with Crippen LogP contribution in [0.2, 0.25) is 0 Å². The molecule has 40 heavy (non-hydrogen) atoms. The van der Waals surface area contributed by atoms with E-state index in [9.17, 15) is 29.4 Å². The highest BCUT2D eigenvalue weighted by atomic mass is 16.3. The number of nitrogens with two attached hydrogens (primary N) is 1. The van der Waals surface area contributed by atoms with Gasteiger partial charge in [0.15, 0.2) is 23.0 Å². The number of hydrogen-bond donors (Lipinski definition) is 5. The molecule has 10 nitrogen and oxygen atoms in total. The molecule has 0 bridgehead atoms. The van der Waals surface area contributed by atoms with E-state index in [0.717, 1.165) is 17.5 Å². The first-order valence-electron chi connectivity index (χ1n) is 13.7. The lowest BCUT2D eigenvalue weighted by Crippen LogP contribution is -2.73. The molecule has 2 saturated carbocycles. The number of nitrogens with one attached hydrogen (secondary N) is 2. The fraction of sp³-hybridized carbons (Fsp3) is 0.500. The van der Waals surface area contributed by atoms with Crippen LogP contribution >= 0.6 is 0 Å². The number of phenols is 1. The summed E-state index contributed by atoms with van der Waals surface area (Å²) < 4.78 is 0. The summed E-state index contributed by atoms with van der Waals surface area (Å²) in [5.41, 5.74) is 3.76. The highest BCUT2D eigenvalue weighted by Gasteiger charge is 2.67. The van der Waals surface area contributed by atoms with Crippen LogP contribution in [-0.2, 0) is 27.3 Å². The van der Waals surface area contributed by atoms with E-state index in [1.165, 1.54) is 4.90 Å². The average Bonchev–Trinajstić information content (AvgIpc) is 2.86. The first kappa shape index (κ1) is 28.1. The van der Waals surface area contributed by atoms with Gasteiger partial charge in [-0.25, -0.2) is 0 Å². The molecule has 10 heteroatoms. The number of rotatable bonds is 6. The summed E-state index contributed by atoms with van der Waals surface area (Å²) in [7, 11) is 3.20. The van der Waals surface area contributed by atoms with Gasteiger partial charge >= 0.3 is 0 Å². The summed E-state index contributed by atoms with van der Waals surface area (Å²) in [5, 5.41) is 36.3. The topological polar surface area (TPSA) is 174 Å². The van der Waals surface area contributed by atoms with E-state index in [-0.39, 0.29) is 24.2 Å². The van der Waals surface area contributed by atoms with E-state index in [1.54, 1.807) is 14.1 Å². The van der Waals surface area contributed by atoms with Gasteiger partial charge in [-0.15, -0.1) is 0 Å². The molecule has 1 amide bonds. The summed E-state index contributed by atoms with van der Waals surface area (Å²) in [5.74, 6) is -7.65. The predicted octanol–water partition coefficient (Wildman–Crippen LogP) is 1.22. The summed E-state index contributed by atoms with van der Waals surface area (Å²) in [4.78, 5) is 54.9. The van der Waals surface area contributed by atoms with E-state index < -0.39 is 64.3 Å². The van der Waals surface area contributed by atoms with E-state index in [2.05, 4.69) is 19.2 Å². The lowest BCUT2D eigenvalue weighted by Gasteiger charge is -2.53. The fourth-order valence-electron chi connectivity index (χ4n) is 7.09. The summed E-state index contributed by atoms with van der Waals surface area (Å²) in [6.07, 6.45) is 0.395. The van der Waals surface area contributed by atoms with Crippen LogP contribution in [0.5, 0.6) is 5.75 Å². The Kier molecular flexibility index (Phi) is 6.92. The molecule has 2 aromatic carbocycles. The number of primary amides is 1.